The van der Waals surface area contributed by atoms with Crippen molar-refractivity contribution in [3.63, 3.8) is 0 Å². The van der Waals surface area contributed by atoms with E-state index in [0.29, 0.717) is 6.42 Å². The first-order valence-electron chi connectivity index (χ1n) is 11.4. The lowest BCUT2D eigenvalue weighted by molar-refractivity contribution is -0.137. The molecule has 152 valence electrons. The van der Waals surface area contributed by atoms with Crippen LogP contribution in [0, 0.1) is 0 Å². The molecule has 0 spiro atoms. The largest absolute Gasteiger partial charge is 0.481 e. The molecule has 2 heteroatoms. The summed E-state index contributed by atoms with van der Waals surface area (Å²) in [7, 11) is 0. The summed E-state index contributed by atoms with van der Waals surface area (Å²) in [4.78, 5) is 10.3. The Bertz CT molecular complexity index is 234. The first kappa shape index (κ1) is 26.7. The summed E-state index contributed by atoms with van der Waals surface area (Å²) in [5, 5.41) is 8.49. The van der Waals surface area contributed by atoms with E-state index in [1.807, 2.05) is 0 Å². The van der Waals surface area contributed by atoms with E-state index >= 15 is 0 Å². The van der Waals surface area contributed by atoms with E-state index in [-0.39, 0.29) is 0 Å². The molecule has 0 bridgehead atoms. The lowest BCUT2D eigenvalue weighted by Crippen LogP contribution is -1.93. The van der Waals surface area contributed by atoms with Crippen LogP contribution in [0.2, 0.25) is 0 Å². The Labute approximate surface area is 159 Å². The second-order valence-electron chi connectivity index (χ2n) is 7.45. The molecule has 0 aromatic rings. The summed E-state index contributed by atoms with van der Waals surface area (Å²) in [6.07, 6.45) is 24.3. The van der Waals surface area contributed by atoms with Crippen molar-refractivity contribution in [3.8, 4) is 0 Å². The van der Waals surface area contributed by atoms with Crippen molar-refractivity contribution < 1.29 is 9.90 Å². The van der Waals surface area contributed by atoms with Crippen LogP contribution >= 0.6 is 0 Å². The number of rotatable bonds is 18. The van der Waals surface area contributed by atoms with Gasteiger partial charge in [-0.1, -0.05) is 130 Å². The molecule has 2 nitrogen and oxygen atoms in total. The zero-order chi connectivity index (χ0) is 19.0. The number of unbranched alkanes of at least 4 members (excludes halogenated alkanes) is 16. The first-order valence-corrected chi connectivity index (χ1v) is 11.4. The van der Waals surface area contributed by atoms with Gasteiger partial charge in [-0.15, -0.1) is 0 Å². The Morgan fingerprint density at radius 1 is 0.480 bits per heavy atom. The standard InChI is InChI=1S/C16H32O2.C7H16/c1-2-3-4-5-6-7-8-9-10-11-12-13-14-15-16(17)18;1-3-5-7-6-4-2/h2-15H2,1H3,(H,17,18);3-7H2,1-2H3. The third kappa shape index (κ3) is 31.7. The van der Waals surface area contributed by atoms with E-state index in [2.05, 4.69) is 20.8 Å². The topological polar surface area (TPSA) is 37.3 Å². The van der Waals surface area contributed by atoms with E-state index in [0.717, 1.165) is 12.8 Å². The molecule has 1 N–H and O–H groups in total. The molecule has 0 amide bonds. The van der Waals surface area contributed by atoms with Crippen molar-refractivity contribution in [2.45, 2.75) is 143 Å². The summed E-state index contributed by atoms with van der Waals surface area (Å²) in [5.41, 5.74) is 0. The minimum absolute atomic E-state index is 0.345. The molecule has 0 saturated carbocycles. The molecule has 0 rings (SSSR count). The van der Waals surface area contributed by atoms with Gasteiger partial charge >= 0.3 is 5.97 Å². The van der Waals surface area contributed by atoms with Crippen LogP contribution in [0.5, 0.6) is 0 Å². The smallest absolute Gasteiger partial charge is 0.303 e. The number of hydrogen-bond acceptors (Lipinski definition) is 1. The molecule has 0 aliphatic carbocycles. The zero-order valence-corrected chi connectivity index (χ0v) is 17.8. The Morgan fingerprint density at radius 3 is 1.00 bits per heavy atom. The van der Waals surface area contributed by atoms with Crippen molar-refractivity contribution in [2.75, 3.05) is 0 Å². The molecule has 0 saturated heterocycles. The maximum atomic E-state index is 10.3. The molecule has 0 radical (unpaired) electrons. The highest BCUT2D eigenvalue weighted by atomic mass is 16.4. The van der Waals surface area contributed by atoms with Gasteiger partial charge in [0, 0.05) is 6.42 Å². The van der Waals surface area contributed by atoms with E-state index in [1.165, 1.54) is 103 Å². The monoisotopic (exact) mass is 356 g/mol. The van der Waals surface area contributed by atoms with Gasteiger partial charge in [-0.3, -0.25) is 4.79 Å². The quantitative estimate of drug-likeness (QED) is 0.250. The van der Waals surface area contributed by atoms with Gasteiger partial charge in [0.1, 0.15) is 0 Å². The SMILES string of the molecule is CCCCCCC.CCCCCCCCCCCCCCCC(=O)O. The van der Waals surface area contributed by atoms with E-state index in [9.17, 15) is 4.79 Å². The van der Waals surface area contributed by atoms with E-state index < -0.39 is 5.97 Å². The van der Waals surface area contributed by atoms with Gasteiger partial charge in [0.2, 0.25) is 0 Å². The van der Waals surface area contributed by atoms with Crippen LogP contribution in [0.25, 0.3) is 0 Å². The minimum atomic E-state index is -0.655. The Morgan fingerprint density at radius 2 is 0.720 bits per heavy atom. The van der Waals surface area contributed by atoms with Crippen LogP contribution in [0.3, 0.4) is 0 Å². The second kappa shape index (κ2) is 25.7. The Balaban J connectivity index is 0. The Hall–Kier alpha value is -0.530. The third-order valence-electron chi connectivity index (χ3n) is 4.70. The minimum Gasteiger partial charge on any atom is -0.481 e. The fourth-order valence-corrected chi connectivity index (χ4v) is 2.97. The van der Waals surface area contributed by atoms with Crippen LogP contribution < -0.4 is 0 Å². The van der Waals surface area contributed by atoms with Crippen molar-refractivity contribution >= 4 is 5.97 Å². The highest BCUT2D eigenvalue weighted by Gasteiger charge is 1.96. The third-order valence-corrected chi connectivity index (χ3v) is 4.70. The number of carbonyl (C=O) groups is 1. The van der Waals surface area contributed by atoms with E-state index in [1.54, 1.807) is 0 Å². The maximum absolute atomic E-state index is 10.3. The number of carboxylic acids is 1. The summed E-state index contributed by atoms with van der Waals surface area (Å²) in [6, 6.07) is 0. The fourth-order valence-electron chi connectivity index (χ4n) is 2.97. The van der Waals surface area contributed by atoms with Gasteiger partial charge in [-0.2, -0.15) is 0 Å². The Kier molecular flexibility index (Phi) is 27.5. The van der Waals surface area contributed by atoms with Crippen molar-refractivity contribution in [2.24, 2.45) is 0 Å². The normalized spacial score (nSPS) is 10.4. The van der Waals surface area contributed by atoms with Gasteiger partial charge in [-0.05, 0) is 6.42 Å². The average molecular weight is 357 g/mol. The van der Waals surface area contributed by atoms with Crippen LogP contribution in [0.15, 0.2) is 0 Å². The predicted molar refractivity (Wildman–Crippen MR) is 112 cm³/mol. The van der Waals surface area contributed by atoms with Crippen molar-refractivity contribution in [1.82, 2.24) is 0 Å². The van der Waals surface area contributed by atoms with Crippen LogP contribution in [0.4, 0.5) is 0 Å². The van der Waals surface area contributed by atoms with Crippen LogP contribution in [0.1, 0.15) is 143 Å². The van der Waals surface area contributed by atoms with Crippen molar-refractivity contribution in [1.29, 1.82) is 0 Å². The molecule has 0 atom stereocenters. The lowest BCUT2D eigenvalue weighted by Gasteiger charge is -2.02. The molecule has 0 aliphatic heterocycles. The van der Waals surface area contributed by atoms with Gasteiger partial charge < -0.3 is 5.11 Å². The highest BCUT2D eigenvalue weighted by Crippen LogP contribution is 2.12. The van der Waals surface area contributed by atoms with Gasteiger partial charge in [0.05, 0.1) is 0 Å². The molecule has 0 aromatic heterocycles. The van der Waals surface area contributed by atoms with Gasteiger partial charge in [0.25, 0.3) is 0 Å². The molecular formula is C23H48O2. The van der Waals surface area contributed by atoms with Crippen LogP contribution in [-0.2, 0) is 4.79 Å². The molecule has 25 heavy (non-hydrogen) atoms. The molecule has 0 aromatic carbocycles. The lowest BCUT2D eigenvalue weighted by atomic mass is 10.0. The van der Waals surface area contributed by atoms with Gasteiger partial charge in [-0.25, -0.2) is 0 Å². The molecule has 0 unspecified atom stereocenters. The average Bonchev–Trinajstić information content (AvgIpc) is 2.60. The molecular weight excluding hydrogens is 308 g/mol. The van der Waals surface area contributed by atoms with Crippen molar-refractivity contribution in [3.05, 3.63) is 0 Å². The molecule has 0 heterocycles. The summed E-state index contributed by atoms with van der Waals surface area (Å²) >= 11 is 0. The zero-order valence-electron chi connectivity index (χ0n) is 17.8. The summed E-state index contributed by atoms with van der Waals surface area (Å²) in [5.74, 6) is -0.655. The summed E-state index contributed by atoms with van der Waals surface area (Å²) < 4.78 is 0. The second-order valence-corrected chi connectivity index (χ2v) is 7.45. The van der Waals surface area contributed by atoms with Gasteiger partial charge in [0.15, 0.2) is 0 Å². The van der Waals surface area contributed by atoms with E-state index in [4.69, 9.17) is 5.11 Å². The highest BCUT2D eigenvalue weighted by molar-refractivity contribution is 5.66. The number of aliphatic carboxylic acids is 1. The van der Waals surface area contributed by atoms with Crippen LogP contribution in [-0.4, -0.2) is 11.1 Å². The number of hydrogen-bond donors (Lipinski definition) is 1. The predicted octanol–water partition coefficient (Wildman–Crippen LogP) is 8.53. The summed E-state index contributed by atoms with van der Waals surface area (Å²) in [6.45, 7) is 6.75. The maximum Gasteiger partial charge on any atom is 0.303 e. The first-order chi connectivity index (χ1) is 12.2. The molecule has 0 aliphatic rings. The fraction of sp³-hybridized carbons (Fsp3) is 0.957. The molecule has 0 fully saturated rings. The number of carboxylic acid groups (broad SMARTS) is 1.